The molecule has 3 rings (SSSR count). The van der Waals surface area contributed by atoms with Crippen molar-refractivity contribution in [3.8, 4) is 11.1 Å². The zero-order chi connectivity index (χ0) is 21.0. The van der Waals surface area contributed by atoms with Gasteiger partial charge in [-0.3, -0.25) is 0 Å². The molecule has 2 aromatic rings. The molecule has 0 saturated carbocycles. The van der Waals surface area contributed by atoms with Crippen molar-refractivity contribution in [2.24, 2.45) is 0 Å². The lowest BCUT2D eigenvalue weighted by Gasteiger charge is -2.25. The number of allylic oxidation sites excluding steroid dienone is 2. The van der Waals surface area contributed by atoms with Crippen LogP contribution in [0.2, 0.25) is 0 Å². The highest BCUT2D eigenvalue weighted by molar-refractivity contribution is 7.08. The number of carboxylic acids is 1. The summed E-state index contributed by atoms with van der Waals surface area (Å²) < 4.78 is 9.65. The minimum Gasteiger partial charge on any atom is -0.478 e. The van der Waals surface area contributed by atoms with Gasteiger partial charge in [0.2, 0.25) is 0 Å². The number of carbonyl (C=O) groups is 3. The highest BCUT2D eigenvalue weighted by atomic mass is 32.1. The minimum atomic E-state index is -1.17. The molecule has 0 aliphatic carbocycles. The summed E-state index contributed by atoms with van der Waals surface area (Å²) in [7, 11) is 2.38. The zero-order valence-electron chi connectivity index (χ0n) is 15.6. The molecule has 0 bridgehead atoms. The molecule has 0 spiro atoms. The summed E-state index contributed by atoms with van der Waals surface area (Å²) in [6.07, 6.45) is 6.05. The number of methoxy groups -OCH3 is 2. The molecule has 8 heteroatoms. The first-order chi connectivity index (χ1) is 14.0. The molecule has 0 radical (unpaired) electrons. The number of hydrogen-bond acceptors (Lipinski definition) is 7. The Balaban J connectivity index is 2.28. The monoisotopic (exact) mass is 411 g/mol. The Hall–Kier alpha value is -3.65. The van der Waals surface area contributed by atoms with Crippen LogP contribution in [-0.4, -0.2) is 37.2 Å². The standard InChI is InChI=1S/C21H17NO6S/c1-27-20(25)16-5-3-4-9-22(18(16)21(26)28-2)17-11-13(14-8-10-29-12-14)6-7-15(17)19(23)24/h3-12H,1-2H3,(H,23,24). The van der Waals surface area contributed by atoms with Crippen LogP contribution in [0.3, 0.4) is 0 Å². The fraction of sp³-hybridized carbons (Fsp3) is 0.0952. The lowest BCUT2D eigenvalue weighted by molar-refractivity contribution is -0.139. The number of rotatable bonds is 5. The molecule has 1 aromatic heterocycles. The maximum Gasteiger partial charge on any atom is 0.355 e. The van der Waals surface area contributed by atoms with E-state index in [1.165, 1.54) is 48.8 Å². The topological polar surface area (TPSA) is 93.1 Å². The highest BCUT2D eigenvalue weighted by Gasteiger charge is 2.29. The predicted molar refractivity (Wildman–Crippen MR) is 109 cm³/mol. The average molecular weight is 411 g/mol. The van der Waals surface area contributed by atoms with Gasteiger partial charge in [-0.25, -0.2) is 14.4 Å². The van der Waals surface area contributed by atoms with E-state index in [-0.39, 0.29) is 22.5 Å². The third-order valence-electron chi connectivity index (χ3n) is 4.23. The summed E-state index contributed by atoms with van der Waals surface area (Å²) in [4.78, 5) is 38.1. The third-order valence-corrected chi connectivity index (χ3v) is 4.91. The smallest absolute Gasteiger partial charge is 0.355 e. The van der Waals surface area contributed by atoms with Crippen molar-refractivity contribution in [2.45, 2.75) is 0 Å². The highest BCUT2D eigenvalue weighted by Crippen LogP contribution is 2.34. The lowest BCUT2D eigenvalue weighted by atomic mass is 10.0. The van der Waals surface area contributed by atoms with E-state index in [0.29, 0.717) is 0 Å². The van der Waals surface area contributed by atoms with Crippen molar-refractivity contribution in [3.05, 3.63) is 76.3 Å². The van der Waals surface area contributed by atoms with Crippen LogP contribution in [0.15, 0.2) is 70.7 Å². The average Bonchev–Trinajstić information content (AvgIpc) is 3.18. The Morgan fingerprint density at radius 3 is 2.38 bits per heavy atom. The summed E-state index contributed by atoms with van der Waals surface area (Å²) >= 11 is 1.51. The van der Waals surface area contributed by atoms with Crippen LogP contribution in [0, 0.1) is 0 Å². The SMILES string of the molecule is COC(=O)C1=C(C(=O)OC)N(c2cc(-c3ccsc3)ccc2C(=O)O)C=CC=C1. The molecule has 29 heavy (non-hydrogen) atoms. The first kappa shape index (κ1) is 20.1. The molecule has 0 saturated heterocycles. The maximum atomic E-state index is 12.6. The van der Waals surface area contributed by atoms with E-state index in [1.54, 1.807) is 24.3 Å². The fourth-order valence-electron chi connectivity index (χ4n) is 2.87. The molecular weight excluding hydrogens is 394 g/mol. The van der Waals surface area contributed by atoms with Crippen molar-refractivity contribution in [2.75, 3.05) is 19.1 Å². The first-order valence-electron chi connectivity index (χ1n) is 8.42. The molecule has 2 heterocycles. The molecule has 1 aromatic carbocycles. The summed E-state index contributed by atoms with van der Waals surface area (Å²) in [6.45, 7) is 0. The van der Waals surface area contributed by atoms with Gasteiger partial charge in [-0.2, -0.15) is 11.3 Å². The van der Waals surface area contributed by atoms with Gasteiger partial charge in [0.25, 0.3) is 0 Å². The van der Waals surface area contributed by atoms with Gasteiger partial charge in [0.1, 0.15) is 5.70 Å². The van der Waals surface area contributed by atoms with Crippen molar-refractivity contribution in [1.82, 2.24) is 0 Å². The van der Waals surface area contributed by atoms with Gasteiger partial charge in [0.15, 0.2) is 0 Å². The van der Waals surface area contributed by atoms with Crippen LogP contribution >= 0.6 is 11.3 Å². The Labute approximate surface area is 170 Å². The molecule has 7 nitrogen and oxygen atoms in total. The second-order valence-electron chi connectivity index (χ2n) is 5.87. The van der Waals surface area contributed by atoms with Crippen molar-refractivity contribution >= 4 is 34.9 Å². The molecule has 0 amide bonds. The summed E-state index contributed by atoms with van der Waals surface area (Å²) in [5.74, 6) is -2.73. The number of hydrogen-bond donors (Lipinski definition) is 1. The van der Waals surface area contributed by atoms with E-state index in [9.17, 15) is 19.5 Å². The molecule has 1 N–H and O–H groups in total. The number of nitrogens with zero attached hydrogens (tertiary/aromatic N) is 1. The van der Waals surface area contributed by atoms with Crippen molar-refractivity contribution < 1.29 is 29.0 Å². The van der Waals surface area contributed by atoms with Crippen LogP contribution in [0.4, 0.5) is 5.69 Å². The van der Waals surface area contributed by atoms with Gasteiger partial charge in [-0.1, -0.05) is 12.1 Å². The normalized spacial score (nSPS) is 13.2. The van der Waals surface area contributed by atoms with Gasteiger partial charge in [-0.15, -0.1) is 0 Å². The zero-order valence-corrected chi connectivity index (χ0v) is 16.4. The van der Waals surface area contributed by atoms with Gasteiger partial charge in [-0.05, 0) is 52.2 Å². The van der Waals surface area contributed by atoms with E-state index >= 15 is 0 Å². The van der Waals surface area contributed by atoms with Crippen LogP contribution in [-0.2, 0) is 19.1 Å². The van der Waals surface area contributed by atoms with E-state index in [0.717, 1.165) is 11.1 Å². The summed E-state index contributed by atoms with van der Waals surface area (Å²) in [5, 5.41) is 13.5. The largest absolute Gasteiger partial charge is 0.478 e. The summed E-state index contributed by atoms with van der Waals surface area (Å²) in [6, 6.07) is 6.71. The third kappa shape index (κ3) is 3.97. The van der Waals surface area contributed by atoms with E-state index < -0.39 is 17.9 Å². The van der Waals surface area contributed by atoms with Crippen LogP contribution in [0.25, 0.3) is 11.1 Å². The Morgan fingerprint density at radius 1 is 1.00 bits per heavy atom. The number of ether oxygens (including phenoxy) is 2. The molecule has 1 aliphatic rings. The van der Waals surface area contributed by atoms with Crippen LogP contribution < -0.4 is 4.90 Å². The molecule has 0 atom stereocenters. The van der Waals surface area contributed by atoms with Crippen LogP contribution in [0.5, 0.6) is 0 Å². The lowest BCUT2D eigenvalue weighted by Crippen LogP contribution is -2.28. The Morgan fingerprint density at radius 2 is 1.76 bits per heavy atom. The minimum absolute atomic E-state index is 0.0406. The number of anilines is 1. The predicted octanol–water partition coefficient (Wildman–Crippen LogP) is 3.60. The number of carbonyl (C=O) groups excluding carboxylic acids is 2. The molecular formula is C21H17NO6S. The van der Waals surface area contributed by atoms with Gasteiger partial charge < -0.3 is 19.5 Å². The first-order valence-corrected chi connectivity index (χ1v) is 9.37. The van der Waals surface area contributed by atoms with Gasteiger partial charge in [0, 0.05) is 6.20 Å². The second kappa shape index (κ2) is 8.57. The molecule has 1 aliphatic heterocycles. The fourth-order valence-corrected chi connectivity index (χ4v) is 3.54. The van der Waals surface area contributed by atoms with Gasteiger partial charge >= 0.3 is 17.9 Å². The quantitative estimate of drug-likeness (QED) is 0.752. The second-order valence-corrected chi connectivity index (χ2v) is 6.65. The number of esters is 2. The molecule has 0 unspecified atom stereocenters. The van der Waals surface area contributed by atoms with E-state index in [4.69, 9.17) is 9.47 Å². The number of thiophene rings is 1. The number of carboxylic acid groups (broad SMARTS) is 1. The van der Waals surface area contributed by atoms with Crippen molar-refractivity contribution in [1.29, 1.82) is 0 Å². The van der Waals surface area contributed by atoms with Crippen LogP contribution in [0.1, 0.15) is 10.4 Å². The van der Waals surface area contributed by atoms with E-state index in [2.05, 4.69) is 0 Å². The van der Waals surface area contributed by atoms with E-state index in [1.807, 2.05) is 16.8 Å². The molecule has 148 valence electrons. The Bertz CT molecular complexity index is 1050. The molecule has 0 fully saturated rings. The summed E-state index contributed by atoms with van der Waals surface area (Å²) in [5.41, 5.74) is 1.64. The van der Waals surface area contributed by atoms with Gasteiger partial charge in [0.05, 0.1) is 31.0 Å². The number of aromatic carboxylic acids is 1. The van der Waals surface area contributed by atoms with Crippen molar-refractivity contribution in [3.63, 3.8) is 0 Å². The number of benzene rings is 1. The maximum absolute atomic E-state index is 12.6. The Kier molecular flexibility index (Phi) is 5.94.